The molecule has 3 fully saturated rings. The maximum Gasteiger partial charge on any atom is 0.354 e. The van der Waals surface area contributed by atoms with Crippen LogP contribution < -0.4 is 5.32 Å². The number of anilines is 1. The lowest BCUT2D eigenvalue weighted by molar-refractivity contribution is -0.0158. The van der Waals surface area contributed by atoms with Crippen LogP contribution in [0.25, 0.3) is 11.3 Å². The largest absolute Gasteiger partial charge is 0.477 e. The normalized spacial score (nSPS) is 22.5. The summed E-state index contributed by atoms with van der Waals surface area (Å²) in [4.78, 5) is 29.9. The van der Waals surface area contributed by atoms with Crippen LogP contribution >= 0.6 is 23.2 Å². The number of hydrogen-bond acceptors (Lipinski definition) is 6. The Hall–Kier alpha value is -3.14. The number of carboxylic acid groups (broad SMARTS) is 1. The number of pyridine rings is 1. The third-order valence-electron chi connectivity index (χ3n) is 7.59. The van der Waals surface area contributed by atoms with E-state index in [0.717, 1.165) is 49.8 Å². The van der Waals surface area contributed by atoms with Crippen LogP contribution in [0.4, 0.5) is 10.5 Å². The van der Waals surface area contributed by atoms with Crippen LogP contribution in [-0.4, -0.2) is 50.3 Å². The Bertz CT molecular complexity index is 1340. The summed E-state index contributed by atoms with van der Waals surface area (Å²) in [6.45, 7) is 0.337. The highest BCUT2D eigenvalue weighted by Gasteiger charge is 2.44. The zero-order valence-electron chi connectivity index (χ0n) is 20.4. The number of carboxylic acids is 1. The molecule has 2 saturated heterocycles. The molecule has 198 valence electrons. The van der Waals surface area contributed by atoms with Gasteiger partial charge in [0.25, 0.3) is 0 Å². The lowest BCUT2D eigenvalue weighted by atomic mass is 9.99. The van der Waals surface area contributed by atoms with E-state index < -0.39 is 5.97 Å². The number of aromatic carboxylic acids is 1. The Morgan fingerprint density at radius 1 is 1.08 bits per heavy atom. The number of hydrogen-bond donors (Lipinski definition) is 2. The number of nitrogens with zero attached hydrogens (tertiary/aromatic N) is 3. The highest BCUT2D eigenvalue weighted by molar-refractivity contribution is 6.39. The van der Waals surface area contributed by atoms with E-state index in [1.165, 1.54) is 12.3 Å². The molecule has 2 amide bonds. The van der Waals surface area contributed by atoms with E-state index in [1.807, 2.05) is 4.90 Å². The van der Waals surface area contributed by atoms with Gasteiger partial charge in [0.15, 0.2) is 0 Å². The average Bonchev–Trinajstić information content (AvgIpc) is 3.60. The van der Waals surface area contributed by atoms with E-state index in [-0.39, 0.29) is 29.9 Å². The molecule has 3 aliphatic rings. The topological polar surface area (TPSA) is 118 Å². The second-order valence-electron chi connectivity index (χ2n) is 10.1. The van der Waals surface area contributed by atoms with Crippen molar-refractivity contribution in [3.8, 4) is 11.3 Å². The number of benzene rings is 1. The van der Waals surface area contributed by atoms with Crippen molar-refractivity contribution >= 4 is 40.9 Å². The van der Waals surface area contributed by atoms with Crippen molar-refractivity contribution in [3.05, 3.63) is 63.6 Å². The standard InChI is InChI=1S/C27H26Cl2N4O5/c28-20-2-1-3-21(29)23(20)24-19(25(38-32-24)14-4-5-14)13-37-18-10-16-7-8-17(11-18)33(16)27(36)31-15-6-9-22(26(34)35)30-12-15/h1-3,6,9,12,14,16-18H,4-5,7-8,10-11,13H2,(H,31,36)(H,34,35). The molecule has 2 aliphatic heterocycles. The van der Waals surface area contributed by atoms with Crippen molar-refractivity contribution in [2.75, 3.05) is 5.32 Å². The number of ether oxygens (including phenoxy) is 1. The minimum Gasteiger partial charge on any atom is -0.477 e. The zero-order valence-corrected chi connectivity index (χ0v) is 21.9. The van der Waals surface area contributed by atoms with Gasteiger partial charge in [-0.15, -0.1) is 0 Å². The maximum absolute atomic E-state index is 13.1. The Labute approximate surface area is 229 Å². The summed E-state index contributed by atoms with van der Waals surface area (Å²) in [5, 5.41) is 17.2. The van der Waals surface area contributed by atoms with Crippen molar-refractivity contribution in [2.24, 2.45) is 0 Å². The highest BCUT2D eigenvalue weighted by Crippen LogP contribution is 2.46. The number of aromatic nitrogens is 2. The summed E-state index contributed by atoms with van der Waals surface area (Å²) in [5.74, 6) is 0.0794. The minimum absolute atomic E-state index is 0.00964. The van der Waals surface area contributed by atoms with E-state index in [2.05, 4.69) is 15.5 Å². The van der Waals surface area contributed by atoms with Crippen molar-refractivity contribution < 1.29 is 24.0 Å². The van der Waals surface area contributed by atoms with Crippen molar-refractivity contribution in [3.63, 3.8) is 0 Å². The predicted molar refractivity (Wildman–Crippen MR) is 141 cm³/mol. The summed E-state index contributed by atoms with van der Waals surface area (Å²) in [6.07, 6.45) is 6.75. The Morgan fingerprint density at radius 3 is 2.39 bits per heavy atom. The van der Waals surface area contributed by atoms with Gasteiger partial charge in [-0.25, -0.2) is 14.6 Å². The molecule has 2 bridgehead atoms. The van der Waals surface area contributed by atoms with Gasteiger partial charge >= 0.3 is 12.0 Å². The van der Waals surface area contributed by atoms with Crippen LogP contribution in [0.2, 0.25) is 10.0 Å². The number of carbonyl (C=O) groups is 2. The van der Waals surface area contributed by atoms with Gasteiger partial charge in [0.05, 0.1) is 34.6 Å². The number of nitrogens with one attached hydrogen (secondary N) is 1. The molecule has 0 radical (unpaired) electrons. The van der Waals surface area contributed by atoms with E-state index in [0.29, 0.717) is 39.5 Å². The van der Waals surface area contributed by atoms with Gasteiger partial charge in [0, 0.05) is 29.1 Å². The fourth-order valence-corrected chi connectivity index (χ4v) is 6.20. The predicted octanol–water partition coefficient (Wildman–Crippen LogP) is 6.36. The summed E-state index contributed by atoms with van der Waals surface area (Å²) in [6, 6.07) is 8.21. The SMILES string of the molecule is O=C(O)c1ccc(NC(=O)N2C3CCC2CC(OCc2c(-c4c(Cl)cccc4Cl)noc2C2CC2)C3)cn1. The lowest BCUT2D eigenvalue weighted by Gasteiger charge is -2.38. The molecule has 11 heteroatoms. The van der Waals surface area contributed by atoms with Gasteiger partial charge in [-0.1, -0.05) is 34.4 Å². The Morgan fingerprint density at radius 2 is 1.79 bits per heavy atom. The van der Waals surface area contributed by atoms with Crippen LogP contribution in [0.5, 0.6) is 0 Å². The monoisotopic (exact) mass is 556 g/mol. The number of carbonyl (C=O) groups excluding carboxylic acids is 1. The fourth-order valence-electron chi connectivity index (χ4n) is 5.63. The van der Waals surface area contributed by atoms with Crippen LogP contribution in [0, 0.1) is 0 Å². The maximum atomic E-state index is 13.1. The molecule has 2 unspecified atom stereocenters. The first kappa shape index (κ1) is 25.2. The number of urea groups is 1. The molecule has 1 saturated carbocycles. The molecule has 2 aromatic heterocycles. The highest BCUT2D eigenvalue weighted by atomic mass is 35.5. The number of rotatable bonds is 7. The summed E-state index contributed by atoms with van der Waals surface area (Å²) < 4.78 is 12.2. The number of amides is 2. The molecule has 1 aliphatic carbocycles. The van der Waals surface area contributed by atoms with Gasteiger partial charge in [0.2, 0.25) is 0 Å². The molecular formula is C27H26Cl2N4O5. The van der Waals surface area contributed by atoms with Crippen LogP contribution in [0.3, 0.4) is 0 Å². The molecule has 4 heterocycles. The van der Waals surface area contributed by atoms with E-state index >= 15 is 0 Å². The lowest BCUT2D eigenvalue weighted by Crippen LogP contribution is -2.50. The van der Waals surface area contributed by atoms with Gasteiger partial charge in [-0.05, 0) is 62.8 Å². The summed E-state index contributed by atoms with van der Waals surface area (Å²) >= 11 is 13.0. The third kappa shape index (κ3) is 4.86. The number of fused-ring (bicyclic) bond motifs is 2. The second kappa shape index (κ2) is 10.2. The number of halogens is 2. The molecule has 9 nitrogen and oxygen atoms in total. The van der Waals surface area contributed by atoms with E-state index in [1.54, 1.807) is 24.3 Å². The van der Waals surface area contributed by atoms with Gasteiger partial charge in [0.1, 0.15) is 17.1 Å². The molecule has 1 aromatic carbocycles. The van der Waals surface area contributed by atoms with Gasteiger partial charge < -0.3 is 24.6 Å². The first-order chi connectivity index (χ1) is 18.4. The Kier molecular flexibility index (Phi) is 6.75. The molecule has 3 aromatic rings. The molecule has 2 atom stereocenters. The van der Waals surface area contributed by atoms with Crippen LogP contribution in [-0.2, 0) is 11.3 Å². The van der Waals surface area contributed by atoms with Gasteiger partial charge in [-0.2, -0.15) is 0 Å². The summed E-state index contributed by atoms with van der Waals surface area (Å²) in [5.41, 5.74) is 2.57. The van der Waals surface area contributed by atoms with Crippen LogP contribution in [0.15, 0.2) is 41.1 Å². The zero-order chi connectivity index (χ0) is 26.4. The van der Waals surface area contributed by atoms with Crippen molar-refractivity contribution in [1.29, 1.82) is 0 Å². The van der Waals surface area contributed by atoms with E-state index in [9.17, 15) is 9.59 Å². The second-order valence-corrected chi connectivity index (χ2v) is 10.9. The first-order valence-corrected chi connectivity index (χ1v) is 13.5. The quantitative estimate of drug-likeness (QED) is 0.347. The van der Waals surface area contributed by atoms with Crippen LogP contribution in [0.1, 0.15) is 66.3 Å². The average molecular weight is 557 g/mol. The Balaban J connectivity index is 1.13. The van der Waals surface area contributed by atoms with Gasteiger partial charge in [-0.3, -0.25) is 0 Å². The van der Waals surface area contributed by atoms with E-state index in [4.69, 9.17) is 37.6 Å². The smallest absolute Gasteiger partial charge is 0.354 e. The molecule has 0 spiro atoms. The molecule has 38 heavy (non-hydrogen) atoms. The third-order valence-corrected chi connectivity index (χ3v) is 8.22. The number of piperidine rings is 1. The van der Waals surface area contributed by atoms with Crippen molar-refractivity contribution in [2.45, 2.75) is 69.2 Å². The molecule has 6 rings (SSSR count). The summed E-state index contributed by atoms with van der Waals surface area (Å²) in [7, 11) is 0. The van der Waals surface area contributed by atoms with Crippen molar-refractivity contribution in [1.82, 2.24) is 15.0 Å². The molecule has 2 N–H and O–H groups in total. The first-order valence-electron chi connectivity index (χ1n) is 12.7. The minimum atomic E-state index is -1.11. The molecular weight excluding hydrogens is 531 g/mol. The fraction of sp³-hybridized carbons (Fsp3) is 0.407.